The Bertz CT molecular complexity index is 1020. The molecule has 1 N–H and O–H groups in total. The minimum absolute atomic E-state index is 0.529. The van der Waals surface area contributed by atoms with Crippen molar-refractivity contribution in [3.05, 3.63) is 53.6 Å². The summed E-state index contributed by atoms with van der Waals surface area (Å²) in [5, 5.41) is 9.13. The first-order valence-corrected chi connectivity index (χ1v) is 10.8. The normalized spacial score (nSPS) is 14.8. The van der Waals surface area contributed by atoms with Gasteiger partial charge in [0, 0.05) is 30.6 Å². The molecule has 0 aliphatic heterocycles. The van der Waals surface area contributed by atoms with Gasteiger partial charge in [0.15, 0.2) is 0 Å². The van der Waals surface area contributed by atoms with Gasteiger partial charge in [0.2, 0.25) is 0 Å². The molecule has 1 heterocycles. The van der Waals surface area contributed by atoms with Crippen LogP contribution in [0, 0.1) is 0 Å². The lowest BCUT2D eigenvalue weighted by Gasteiger charge is -2.17. The van der Waals surface area contributed by atoms with Crippen LogP contribution < -0.4 is 5.32 Å². The second kappa shape index (κ2) is 9.35. The van der Waals surface area contributed by atoms with Crippen LogP contribution in [0.1, 0.15) is 43.7 Å². The first-order chi connectivity index (χ1) is 14.7. The van der Waals surface area contributed by atoms with E-state index in [-0.39, 0.29) is 0 Å². The van der Waals surface area contributed by atoms with Crippen molar-refractivity contribution >= 4 is 22.8 Å². The van der Waals surface area contributed by atoms with Gasteiger partial charge >= 0.3 is 0 Å². The molecule has 2 aromatic carbocycles. The molecular formula is C25H31N3O2. The lowest BCUT2D eigenvalue weighted by molar-refractivity contribution is 0.134. The average molecular weight is 406 g/mol. The molecule has 1 aliphatic rings. The Balaban J connectivity index is 1.94. The molecule has 1 aromatic heterocycles. The van der Waals surface area contributed by atoms with Gasteiger partial charge in [0.05, 0.1) is 29.7 Å². The lowest BCUT2D eigenvalue weighted by Crippen LogP contribution is -2.15. The van der Waals surface area contributed by atoms with Crippen LogP contribution in [0.2, 0.25) is 0 Å². The monoisotopic (exact) mass is 405 g/mol. The van der Waals surface area contributed by atoms with Crippen LogP contribution in [0.3, 0.4) is 0 Å². The van der Waals surface area contributed by atoms with Crippen molar-refractivity contribution in [3.8, 4) is 11.3 Å². The largest absolute Gasteiger partial charge is 0.399 e. The van der Waals surface area contributed by atoms with Crippen molar-refractivity contribution in [1.29, 1.82) is 0 Å². The van der Waals surface area contributed by atoms with Crippen LogP contribution in [0.25, 0.3) is 22.2 Å². The number of hydrogen-bond acceptors (Lipinski definition) is 4. The molecule has 4 rings (SSSR count). The van der Waals surface area contributed by atoms with Crippen LogP contribution in [0.4, 0.5) is 5.69 Å². The molecule has 0 radical (unpaired) electrons. The molecular weight excluding hydrogens is 374 g/mol. The van der Waals surface area contributed by atoms with E-state index in [2.05, 4.69) is 58.5 Å². The fourth-order valence-electron chi connectivity index (χ4n) is 4.57. The number of hydrogen-bond donors (Lipinski definition) is 1. The van der Waals surface area contributed by atoms with Crippen LogP contribution in [0.5, 0.6) is 0 Å². The van der Waals surface area contributed by atoms with Crippen molar-refractivity contribution in [3.63, 3.8) is 0 Å². The Morgan fingerprint density at radius 1 is 1.17 bits per heavy atom. The van der Waals surface area contributed by atoms with Gasteiger partial charge in [-0.05, 0) is 43.0 Å². The number of oxime groups is 1. The lowest BCUT2D eigenvalue weighted by atomic mass is 10.0. The predicted octanol–water partition coefficient (Wildman–Crippen LogP) is 5.72. The summed E-state index contributed by atoms with van der Waals surface area (Å²) in [4.78, 5) is 5.05. The molecule has 0 unspecified atom stereocenters. The van der Waals surface area contributed by atoms with E-state index in [4.69, 9.17) is 9.57 Å². The molecule has 1 saturated carbocycles. The van der Waals surface area contributed by atoms with Gasteiger partial charge in [-0.15, -0.1) is 0 Å². The first kappa shape index (κ1) is 20.5. The maximum absolute atomic E-state index is 5.74. The first-order valence-electron chi connectivity index (χ1n) is 10.8. The molecule has 0 saturated heterocycles. The van der Waals surface area contributed by atoms with Crippen molar-refractivity contribution < 1.29 is 9.57 Å². The highest BCUT2D eigenvalue weighted by molar-refractivity contribution is 6.10. The molecule has 0 bridgehead atoms. The predicted molar refractivity (Wildman–Crippen MR) is 124 cm³/mol. The molecule has 5 heteroatoms. The second-order valence-electron chi connectivity index (χ2n) is 7.91. The SMILES string of the molecule is CCOCc1cc(NC2CCCC2)c2c(c1)c(/C=N/OC)c(-c1ccccc1)n2C. The zero-order valence-corrected chi connectivity index (χ0v) is 18.1. The van der Waals surface area contributed by atoms with Crippen molar-refractivity contribution in [2.45, 2.75) is 45.3 Å². The number of rotatable bonds is 8. The molecule has 0 atom stereocenters. The number of benzene rings is 2. The van der Waals surface area contributed by atoms with Gasteiger partial charge in [0.1, 0.15) is 7.11 Å². The molecule has 0 spiro atoms. The van der Waals surface area contributed by atoms with E-state index in [1.54, 1.807) is 7.11 Å². The molecule has 30 heavy (non-hydrogen) atoms. The van der Waals surface area contributed by atoms with Crippen LogP contribution in [0.15, 0.2) is 47.6 Å². The second-order valence-corrected chi connectivity index (χ2v) is 7.91. The third-order valence-corrected chi connectivity index (χ3v) is 5.91. The third-order valence-electron chi connectivity index (χ3n) is 5.91. The maximum Gasteiger partial charge on any atom is 0.106 e. The summed E-state index contributed by atoms with van der Waals surface area (Å²) < 4.78 is 8.02. The zero-order chi connectivity index (χ0) is 20.9. The summed E-state index contributed by atoms with van der Waals surface area (Å²) in [7, 11) is 3.72. The van der Waals surface area contributed by atoms with Gasteiger partial charge < -0.3 is 19.5 Å². The Morgan fingerprint density at radius 3 is 2.63 bits per heavy atom. The smallest absolute Gasteiger partial charge is 0.106 e. The van der Waals surface area contributed by atoms with Crippen molar-refractivity contribution in [2.24, 2.45) is 12.2 Å². The molecule has 0 amide bonds. The van der Waals surface area contributed by atoms with Crippen molar-refractivity contribution in [1.82, 2.24) is 4.57 Å². The van der Waals surface area contributed by atoms with E-state index in [9.17, 15) is 0 Å². The van der Waals surface area contributed by atoms with E-state index in [0.717, 1.165) is 22.2 Å². The summed E-state index contributed by atoms with van der Waals surface area (Å²) in [6.45, 7) is 3.33. The number of ether oxygens (including phenoxy) is 1. The Labute approximate surface area is 178 Å². The Hall–Kier alpha value is -2.79. The zero-order valence-electron chi connectivity index (χ0n) is 18.1. The van der Waals surface area contributed by atoms with Crippen LogP contribution in [-0.2, 0) is 23.2 Å². The number of fused-ring (bicyclic) bond motifs is 1. The molecule has 1 aliphatic carbocycles. The third kappa shape index (κ3) is 4.08. The van der Waals surface area contributed by atoms with Crippen LogP contribution in [-0.4, -0.2) is 30.5 Å². The number of nitrogens with one attached hydrogen (secondary N) is 1. The van der Waals surface area contributed by atoms with Crippen molar-refractivity contribution in [2.75, 3.05) is 19.0 Å². The van der Waals surface area contributed by atoms with E-state index < -0.39 is 0 Å². The quantitative estimate of drug-likeness (QED) is 0.385. The standard InChI is InChI=1S/C25H31N3O2/c1-4-30-17-18-14-21-22(16-26-29-3)24(19-10-6-5-7-11-19)28(2)25(21)23(15-18)27-20-12-8-9-13-20/h5-7,10-11,14-16,20,27H,4,8-9,12-13,17H2,1-3H3/b26-16+. The van der Waals surface area contributed by atoms with E-state index >= 15 is 0 Å². The summed E-state index contributed by atoms with van der Waals surface area (Å²) in [5.74, 6) is 0. The number of aryl methyl sites for hydroxylation is 1. The topological polar surface area (TPSA) is 47.8 Å². The summed E-state index contributed by atoms with van der Waals surface area (Å²) >= 11 is 0. The van der Waals surface area contributed by atoms with Gasteiger partial charge in [-0.3, -0.25) is 0 Å². The Kier molecular flexibility index (Phi) is 6.38. The molecule has 5 nitrogen and oxygen atoms in total. The fraction of sp³-hybridized carbons (Fsp3) is 0.400. The highest BCUT2D eigenvalue weighted by Gasteiger charge is 2.22. The van der Waals surface area contributed by atoms with E-state index in [0.29, 0.717) is 19.3 Å². The summed E-state index contributed by atoms with van der Waals surface area (Å²) in [6.07, 6.45) is 6.88. The molecule has 158 valence electrons. The molecule has 1 fully saturated rings. The van der Waals surface area contributed by atoms with Gasteiger partial charge in [-0.25, -0.2) is 0 Å². The van der Waals surface area contributed by atoms with E-state index in [1.807, 2.05) is 19.2 Å². The Morgan fingerprint density at radius 2 is 1.93 bits per heavy atom. The van der Waals surface area contributed by atoms with Gasteiger partial charge in [-0.1, -0.05) is 48.3 Å². The van der Waals surface area contributed by atoms with Gasteiger partial charge in [-0.2, -0.15) is 0 Å². The maximum atomic E-state index is 5.74. The highest BCUT2D eigenvalue weighted by atomic mass is 16.6. The van der Waals surface area contributed by atoms with E-state index in [1.165, 1.54) is 42.5 Å². The highest BCUT2D eigenvalue weighted by Crippen LogP contribution is 2.38. The summed E-state index contributed by atoms with van der Waals surface area (Å²) in [5.41, 5.74) is 6.89. The number of aromatic nitrogens is 1. The minimum Gasteiger partial charge on any atom is -0.399 e. The number of nitrogens with zero attached hydrogens (tertiary/aromatic N) is 2. The van der Waals surface area contributed by atoms with Gasteiger partial charge in [0.25, 0.3) is 0 Å². The minimum atomic E-state index is 0.529. The average Bonchev–Trinajstić information content (AvgIpc) is 3.37. The molecule has 3 aromatic rings. The van der Waals surface area contributed by atoms with Crippen LogP contribution >= 0.6 is 0 Å². The summed E-state index contributed by atoms with van der Waals surface area (Å²) in [6, 6.07) is 15.5. The fourth-order valence-corrected chi connectivity index (χ4v) is 4.57. The number of anilines is 1.